The van der Waals surface area contributed by atoms with Crippen LogP contribution >= 0.6 is 0 Å². The third kappa shape index (κ3) is 7.87. The summed E-state index contributed by atoms with van der Waals surface area (Å²) in [5.41, 5.74) is 2.53. The monoisotopic (exact) mass is 487 g/mol. The van der Waals surface area contributed by atoms with E-state index in [0.29, 0.717) is 18.7 Å². The van der Waals surface area contributed by atoms with Gasteiger partial charge in [-0.2, -0.15) is 0 Å². The molecule has 0 aliphatic rings. The molecule has 0 fully saturated rings. The van der Waals surface area contributed by atoms with Crippen molar-refractivity contribution in [3.8, 4) is 0 Å². The maximum absolute atomic E-state index is 13.5. The molecule has 0 spiro atoms. The molecule has 2 aromatic rings. The summed E-state index contributed by atoms with van der Waals surface area (Å²) in [5.74, 6) is -0.679. The van der Waals surface area contributed by atoms with E-state index < -0.39 is 22.0 Å². The minimum absolute atomic E-state index is 0.0226. The van der Waals surface area contributed by atoms with Gasteiger partial charge < -0.3 is 10.2 Å². The van der Waals surface area contributed by atoms with Gasteiger partial charge >= 0.3 is 0 Å². The Kier molecular flexibility index (Phi) is 10.1. The first-order valence-electron chi connectivity index (χ1n) is 11.8. The Morgan fingerprint density at radius 1 is 0.941 bits per heavy atom. The average molecular weight is 488 g/mol. The predicted molar refractivity (Wildman–Crippen MR) is 137 cm³/mol. The number of nitrogens with one attached hydrogen (secondary N) is 1. The van der Waals surface area contributed by atoms with Crippen LogP contribution in [-0.2, 0) is 32.5 Å². The third-order valence-electron chi connectivity index (χ3n) is 5.96. The van der Waals surface area contributed by atoms with Crippen molar-refractivity contribution in [1.29, 1.82) is 0 Å². The molecule has 2 amide bonds. The summed E-state index contributed by atoms with van der Waals surface area (Å²) in [7, 11) is -3.72. The average Bonchev–Trinajstić information content (AvgIpc) is 2.82. The van der Waals surface area contributed by atoms with Crippen LogP contribution < -0.4 is 9.62 Å². The molecule has 1 N–H and O–H groups in total. The van der Waals surface area contributed by atoms with Gasteiger partial charge in [-0.25, -0.2) is 8.42 Å². The quantitative estimate of drug-likeness (QED) is 0.497. The first-order chi connectivity index (χ1) is 16.1. The van der Waals surface area contributed by atoms with Gasteiger partial charge in [0.15, 0.2) is 0 Å². The highest BCUT2D eigenvalue weighted by atomic mass is 32.2. The van der Waals surface area contributed by atoms with E-state index in [1.807, 2.05) is 63.2 Å². The second-order valence-electron chi connectivity index (χ2n) is 8.61. The normalized spacial score (nSPS) is 13.1. The van der Waals surface area contributed by atoms with Crippen molar-refractivity contribution in [2.24, 2.45) is 0 Å². The molecule has 0 saturated heterocycles. The lowest BCUT2D eigenvalue weighted by molar-refractivity contribution is -0.139. The summed E-state index contributed by atoms with van der Waals surface area (Å²) in [4.78, 5) is 27.8. The Morgan fingerprint density at radius 3 is 2.09 bits per heavy atom. The van der Waals surface area contributed by atoms with Gasteiger partial charge in [0.25, 0.3) is 0 Å². The molecule has 0 bridgehead atoms. The molecular formula is C26H37N3O4S. The lowest BCUT2D eigenvalue weighted by atomic mass is 10.1. The Balaban J connectivity index is 2.29. The first kappa shape index (κ1) is 27.4. The number of sulfonamides is 1. The predicted octanol–water partition coefficient (Wildman–Crippen LogP) is 3.39. The number of aryl methyl sites for hydroxylation is 1. The fourth-order valence-electron chi connectivity index (χ4n) is 3.55. The summed E-state index contributed by atoms with van der Waals surface area (Å²) in [5, 5.41) is 2.93. The number of carbonyl (C=O) groups excluding carboxylic acids is 2. The lowest BCUT2D eigenvalue weighted by Crippen LogP contribution is -2.53. The van der Waals surface area contributed by atoms with Gasteiger partial charge in [-0.1, -0.05) is 56.3 Å². The zero-order chi connectivity index (χ0) is 25.3. The number of hydrogen-bond donors (Lipinski definition) is 1. The van der Waals surface area contributed by atoms with E-state index in [0.717, 1.165) is 34.5 Å². The summed E-state index contributed by atoms with van der Waals surface area (Å²) in [6, 6.07) is 16.1. The van der Waals surface area contributed by atoms with Crippen molar-refractivity contribution in [2.45, 2.75) is 59.0 Å². The smallest absolute Gasteiger partial charge is 0.244 e. The fourth-order valence-corrected chi connectivity index (χ4v) is 4.40. The van der Waals surface area contributed by atoms with Crippen LogP contribution in [0.1, 0.15) is 45.2 Å². The van der Waals surface area contributed by atoms with Crippen LogP contribution in [0.15, 0.2) is 54.6 Å². The molecule has 7 nitrogen and oxygen atoms in total. The second-order valence-corrected chi connectivity index (χ2v) is 10.5. The Bertz CT molecular complexity index is 1040. The molecule has 8 heteroatoms. The van der Waals surface area contributed by atoms with Gasteiger partial charge in [-0.3, -0.25) is 13.9 Å². The fraction of sp³-hybridized carbons (Fsp3) is 0.462. The van der Waals surface area contributed by atoms with Crippen molar-refractivity contribution in [2.75, 3.05) is 23.7 Å². The highest BCUT2D eigenvalue weighted by Crippen LogP contribution is 2.19. The number of anilines is 1. The largest absolute Gasteiger partial charge is 0.352 e. The van der Waals surface area contributed by atoms with Gasteiger partial charge in [-0.15, -0.1) is 0 Å². The zero-order valence-electron chi connectivity index (χ0n) is 20.8. The maximum atomic E-state index is 13.5. The highest BCUT2D eigenvalue weighted by Gasteiger charge is 2.30. The molecule has 0 aliphatic heterocycles. The molecule has 0 unspecified atom stereocenters. The summed E-state index contributed by atoms with van der Waals surface area (Å²) < 4.78 is 26.3. The van der Waals surface area contributed by atoms with E-state index in [2.05, 4.69) is 5.32 Å². The van der Waals surface area contributed by atoms with Crippen LogP contribution in [0.4, 0.5) is 5.69 Å². The van der Waals surface area contributed by atoms with Gasteiger partial charge in [-0.05, 0) is 56.4 Å². The lowest BCUT2D eigenvalue weighted by Gasteiger charge is -2.32. The number of rotatable bonds is 12. The van der Waals surface area contributed by atoms with Crippen molar-refractivity contribution >= 4 is 27.5 Å². The van der Waals surface area contributed by atoms with E-state index >= 15 is 0 Å². The van der Waals surface area contributed by atoms with E-state index in [1.54, 1.807) is 19.1 Å². The number of amides is 2. The van der Waals surface area contributed by atoms with Crippen molar-refractivity contribution < 1.29 is 18.0 Å². The van der Waals surface area contributed by atoms with Crippen LogP contribution in [0.5, 0.6) is 0 Å². The standard InChI is InChI=1S/C26H37N3O4S/c1-6-20(3)27-26(31)21(4)28(18-17-23-11-9-8-10-12-23)25(30)19-29(34(5,32)33)24-15-13-22(7-2)14-16-24/h8-16,20-21H,6-7,17-19H2,1-5H3,(H,27,31)/t20-,21+/m0/s1. The van der Waals surface area contributed by atoms with Gasteiger partial charge in [0.1, 0.15) is 12.6 Å². The minimum Gasteiger partial charge on any atom is -0.352 e. The summed E-state index contributed by atoms with van der Waals surface area (Å²) >= 11 is 0. The van der Waals surface area contributed by atoms with Crippen LogP contribution in [0.2, 0.25) is 0 Å². The summed E-state index contributed by atoms with van der Waals surface area (Å²) in [6.45, 7) is 7.50. The molecular weight excluding hydrogens is 450 g/mol. The van der Waals surface area contributed by atoms with Gasteiger partial charge in [0.05, 0.1) is 11.9 Å². The van der Waals surface area contributed by atoms with Crippen LogP contribution in [-0.4, -0.2) is 56.6 Å². The van der Waals surface area contributed by atoms with E-state index in [-0.39, 0.29) is 18.5 Å². The van der Waals surface area contributed by atoms with Crippen LogP contribution in [0.25, 0.3) is 0 Å². The molecule has 0 aromatic heterocycles. The Hall–Kier alpha value is -2.87. The molecule has 0 aliphatic carbocycles. The third-order valence-corrected chi connectivity index (χ3v) is 7.10. The molecule has 186 valence electrons. The van der Waals surface area contributed by atoms with Gasteiger partial charge in [0, 0.05) is 12.6 Å². The topological polar surface area (TPSA) is 86.8 Å². The zero-order valence-corrected chi connectivity index (χ0v) is 21.6. The molecule has 0 saturated carbocycles. The minimum atomic E-state index is -3.72. The van der Waals surface area contributed by atoms with Crippen LogP contribution in [0.3, 0.4) is 0 Å². The van der Waals surface area contributed by atoms with Crippen LogP contribution in [0, 0.1) is 0 Å². The molecule has 2 rings (SSSR count). The molecule has 2 atom stereocenters. The van der Waals surface area contributed by atoms with Gasteiger partial charge in [0.2, 0.25) is 21.8 Å². The first-order valence-corrected chi connectivity index (χ1v) is 13.6. The van der Waals surface area contributed by atoms with Crippen molar-refractivity contribution in [3.63, 3.8) is 0 Å². The number of benzene rings is 2. The highest BCUT2D eigenvalue weighted by molar-refractivity contribution is 7.92. The molecule has 0 radical (unpaired) electrons. The van der Waals surface area contributed by atoms with E-state index in [1.165, 1.54) is 4.90 Å². The van der Waals surface area contributed by atoms with E-state index in [4.69, 9.17) is 0 Å². The number of carbonyl (C=O) groups is 2. The summed E-state index contributed by atoms with van der Waals surface area (Å²) in [6.07, 6.45) is 3.24. The van der Waals surface area contributed by atoms with E-state index in [9.17, 15) is 18.0 Å². The maximum Gasteiger partial charge on any atom is 0.244 e. The second kappa shape index (κ2) is 12.6. The molecule has 34 heavy (non-hydrogen) atoms. The number of hydrogen-bond acceptors (Lipinski definition) is 4. The number of nitrogens with zero attached hydrogens (tertiary/aromatic N) is 2. The Morgan fingerprint density at radius 2 is 1.56 bits per heavy atom. The van der Waals surface area contributed by atoms with Crippen molar-refractivity contribution in [1.82, 2.24) is 10.2 Å². The SMILES string of the molecule is CCc1ccc(N(CC(=O)N(CCc2ccccc2)[C@H](C)C(=O)N[C@@H](C)CC)S(C)(=O)=O)cc1. The van der Waals surface area contributed by atoms with Crippen molar-refractivity contribution in [3.05, 3.63) is 65.7 Å². The molecule has 2 aromatic carbocycles. The Labute approximate surface area is 204 Å². The molecule has 0 heterocycles.